The van der Waals surface area contributed by atoms with E-state index in [1.165, 1.54) is 19.1 Å². The molecule has 1 amide bonds. The molecule has 0 spiro atoms. The lowest BCUT2D eigenvalue weighted by Gasteiger charge is -2.12. The molecular weight excluding hydrogens is 418 g/mol. The quantitative estimate of drug-likeness (QED) is 0.516. The lowest BCUT2D eigenvalue weighted by atomic mass is 10.2. The number of anilines is 2. The van der Waals surface area contributed by atoms with E-state index in [0.29, 0.717) is 0 Å². The number of halogens is 6. The van der Waals surface area contributed by atoms with E-state index in [9.17, 15) is 31.1 Å². The van der Waals surface area contributed by atoms with Gasteiger partial charge in [-0.2, -0.15) is 26.3 Å². The summed E-state index contributed by atoms with van der Waals surface area (Å²) in [5, 5.41) is 10.8. The second-order valence-electron chi connectivity index (χ2n) is 5.17. The molecule has 1 atom stereocenters. The van der Waals surface area contributed by atoms with Crippen LogP contribution in [0.5, 0.6) is 0 Å². The fourth-order valence-electron chi connectivity index (χ4n) is 1.73. The molecule has 1 heterocycles. The monoisotopic (exact) mass is 430 g/mol. The lowest BCUT2D eigenvalue weighted by molar-refractivity contribution is -0.137. The third-order valence-electron chi connectivity index (χ3n) is 2.95. The van der Waals surface area contributed by atoms with Crippen molar-refractivity contribution in [3.63, 3.8) is 0 Å². The van der Waals surface area contributed by atoms with E-state index < -0.39 is 35.6 Å². The summed E-state index contributed by atoms with van der Waals surface area (Å²) >= 11 is 1.76. The Morgan fingerprint density at radius 3 is 2.56 bits per heavy atom. The van der Waals surface area contributed by atoms with Gasteiger partial charge >= 0.3 is 12.4 Å². The van der Waals surface area contributed by atoms with Gasteiger partial charge in [0.05, 0.1) is 10.8 Å². The average molecular weight is 430 g/mol. The van der Waals surface area contributed by atoms with E-state index in [0.717, 1.165) is 35.2 Å². The summed E-state index contributed by atoms with van der Waals surface area (Å²) in [4.78, 5) is 12.1. The van der Waals surface area contributed by atoms with Crippen LogP contribution in [-0.4, -0.2) is 34.1 Å². The molecule has 2 aromatic rings. The second kappa shape index (κ2) is 8.33. The molecule has 0 aliphatic carbocycles. The molecule has 13 heteroatoms. The highest BCUT2D eigenvalue weighted by atomic mass is 32.2. The van der Waals surface area contributed by atoms with Gasteiger partial charge in [-0.1, -0.05) is 29.2 Å². The summed E-state index contributed by atoms with van der Waals surface area (Å²) in [6.45, 7) is 0.218. The number of hydrogen-bond acceptors (Lipinski definition) is 6. The fourth-order valence-corrected chi connectivity index (χ4v) is 3.62. The summed E-state index contributed by atoms with van der Waals surface area (Å²) in [6, 6.07) is 4.16. The molecular formula is C14H12F6N4OS2. The van der Waals surface area contributed by atoms with Crippen LogP contribution in [0.25, 0.3) is 0 Å². The van der Waals surface area contributed by atoms with Crippen molar-refractivity contribution in [2.75, 3.05) is 17.2 Å². The van der Waals surface area contributed by atoms with Gasteiger partial charge < -0.3 is 10.6 Å². The van der Waals surface area contributed by atoms with Crippen LogP contribution in [0.15, 0.2) is 28.6 Å². The molecule has 1 unspecified atom stereocenters. The normalized spacial score (nSPS) is 13.3. The van der Waals surface area contributed by atoms with Gasteiger partial charge in [0, 0.05) is 5.69 Å². The van der Waals surface area contributed by atoms with Gasteiger partial charge in [-0.25, -0.2) is 0 Å². The van der Waals surface area contributed by atoms with Crippen molar-refractivity contribution in [3.8, 4) is 0 Å². The summed E-state index contributed by atoms with van der Waals surface area (Å²) in [5.41, 5.74) is -0.919. The maximum Gasteiger partial charge on any atom is 0.416 e. The Kier molecular flexibility index (Phi) is 6.57. The molecule has 0 aliphatic heterocycles. The van der Waals surface area contributed by atoms with Crippen LogP contribution in [0, 0.1) is 0 Å². The number of amides is 1. The first-order valence-corrected chi connectivity index (χ1v) is 8.92. The number of rotatable bonds is 6. The first-order chi connectivity index (χ1) is 12.4. The summed E-state index contributed by atoms with van der Waals surface area (Å²) in [6.07, 6.45) is -8.94. The number of thioether (sulfide) groups is 1. The minimum Gasteiger partial charge on any atom is -0.351 e. The topological polar surface area (TPSA) is 66.9 Å². The molecule has 2 rings (SSSR count). The van der Waals surface area contributed by atoms with Crippen molar-refractivity contribution in [1.82, 2.24) is 10.2 Å². The Bertz CT molecular complexity index is 792. The molecule has 1 aromatic carbocycles. The van der Waals surface area contributed by atoms with Crippen LogP contribution in [0.3, 0.4) is 0 Å². The average Bonchev–Trinajstić information content (AvgIpc) is 2.99. The van der Waals surface area contributed by atoms with Crippen LogP contribution in [0.4, 0.5) is 37.2 Å². The van der Waals surface area contributed by atoms with E-state index in [4.69, 9.17) is 0 Å². The van der Waals surface area contributed by atoms with Crippen LogP contribution in [0.2, 0.25) is 0 Å². The molecule has 5 nitrogen and oxygen atoms in total. The third-order valence-corrected chi connectivity index (χ3v) is 5.02. The first kappa shape index (κ1) is 21.3. The molecule has 0 fully saturated rings. The van der Waals surface area contributed by atoms with Gasteiger partial charge in [0.1, 0.15) is 6.54 Å². The van der Waals surface area contributed by atoms with Gasteiger partial charge in [-0.3, -0.25) is 4.79 Å². The Balaban J connectivity index is 1.93. The zero-order valence-electron chi connectivity index (χ0n) is 13.5. The molecule has 1 aromatic heterocycles. The van der Waals surface area contributed by atoms with Crippen molar-refractivity contribution in [2.24, 2.45) is 0 Å². The highest BCUT2D eigenvalue weighted by Gasteiger charge is 2.31. The van der Waals surface area contributed by atoms with E-state index in [1.807, 2.05) is 0 Å². The van der Waals surface area contributed by atoms with Gasteiger partial charge in [0.15, 0.2) is 4.34 Å². The SMILES string of the molecule is CC(Sc1nnc(NCC(F)(F)F)s1)C(=O)Nc1cccc(C(F)(F)F)c1. The minimum atomic E-state index is -4.53. The maximum atomic E-state index is 12.7. The predicted octanol–water partition coefficient (Wildman–Crippen LogP) is 4.65. The molecule has 0 radical (unpaired) electrons. The largest absolute Gasteiger partial charge is 0.416 e. The first-order valence-electron chi connectivity index (χ1n) is 7.23. The minimum absolute atomic E-state index is 0.0212. The number of nitrogens with zero attached hydrogens (tertiary/aromatic N) is 2. The Labute approximate surface area is 157 Å². The maximum absolute atomic E-state index is 12.7. The van der Waals surface area contributed by atoms with Crippen molar-refractivity contribution in [3.05, 3.63) is 29.8 Å². The Morgan fingerprint density at radius 1 is 1.22 bits per heavy atom. The van der Waals surface area contributed by atoms with E-state index in [-0.39, 0.29) is 15.2 Å². The molecule has 148 valence electrons. The molecule has 0 aliphatic rings. The van der Waals surface area contributed by atoms with Crippen molar-refractivity contribution in [2.45, 2.75) is 28.9 Å². The highest BCUT2D eigenvalue weighted by Crippen LogP contribution is 2.32. The lowest BCUT2D eigenvalue weighted by Crippen LogP contribution is -2.22. The summed E-state index contributed by atoms with van der Waals surface area (Å²) in [5.74, 6) is -0.584. The smallest absolute Gasteiger partial charge is 0.351 e. The zero-order valence-corrected chi connectivity index (χ0v) is 15.1. The highest BCUT2D eigenvalue weighted by molar-refractivity contribution is 8.02. The predicted molar refractivity (Wildman–Crippen MR) is 89.8 cm³/mol. The van der Waals surface area contributed by atoms with Gasteiger partial charge in [0.2, 0.25) is 11.0 Å². The van der Waals surface area contributed by atoms with Crippen molar-refractivity contribution < 1.29 is 31.1 Å². The summed E-state index contributed by atoms with van der Waals surface area (Å²) < 4.78 is 74.7. The molecule has 27 heavy (non-hydrogen) atoms. The van der Waals surface area contributed by atoms with Crippen molar-refractivity contribution in [1.29, 1.82) is 0 Å². The number of nitrogens with one attached hydrogen (secondary N) is 2. The number of aromatic nitrogens is 2. The molecule has 0 saturated carbocycles. The van der Waals surface area contributed by atoms with Gasteiger partial charge in [0.25, 0.3) is 0 Å². The van der Waals surface area contributed by atoms with Crippen LogP contribution >= 0.6 is 23.1 Å². The fraction of sp³-hybridized carbons (Fsp3) is 0.357. The number of carbonyl (C=O) groups is 1. The van der Waals surface area contributed by atoms with Gasteiger partial charge in [-0.05, 0) is 25.1 Å². The third kappa shape index (κ3) is 6.90. The number of carbonyl (C=O) groups excluding carboxylic acids is 1. The number of hydrogen-bond donors (Lipinski definition) is 2. The zero-order chi connectivity index (χ0) is 20.2. The number of alkyl halides is 6. The number of benzene rings is 1. The van der Waals surface area contributed by atoms with Crippen LogP contribution < -0.4 is 10.6 Å². The Hall–Kier alpha value is -2.02. The van der Waals surface area contributed by atoms with Crippen LogP contribution in [0.1, 0.15) is 12.5 Å². The Morgan fingerprint density at radius 2 is 1.93 bits per heavy atom. The summed E-state index contributed by atoms with van der Waals surface area (Å²) in [7, 11) is 0. The van der Waals surface area contributed by atoms with E-state index in [1.54, 1.807) is 0 Å². The van der Waals surface area contributed by atoms with Crippen LogP contribution in [-0.2, 0) is 11.0 Å². The van der Waals surface area contributed by atoms with Gasteiger partial charge in [-0.15, -0.1) is 10.2 Å². The molecule has 2 N–H and O–H groups in total. The van der Waals surface area contributed by atoms with E-state index in [2.05, 4.69) is 20.8 Å². The second-order valence-corrected chi connectivity index (χ2v) is 7.74. The molecule has 0 saturated heterocycles. The van der Waals surface area contributed by atoms with Crippen molar-refractivity contribution >= 4 is 39.8 Å². The standard InChI is InChI=1S/C14H12F6N4OS2/c1-7(26-12-24-23-11(27-12)21-6-13(15,16)17)10(25)22-9-4-2-3-8(5-9)14(18,19)20/h2-5,7H,6H2,1H3,(H,21,23)(H,22,25). The molecule has 0 bridgehead atoms. The van der Waals surface area contributed by atoms with E-state index >= 15 is 0 Å².